The number of hydrogen-bond acceptors (Lipinski definition) is 6. The number of phenolic OH excluding ortho intramolecular Hbond substituents is 1. The van der Waals surface area contributed by atoms with Gasteiger partial charge in [-0.3, -0.25) is 14.9 Å². The number of nitrogens with one attached hydrogen (secondary N) is 2. The molecule has 0 radical (unpaired) electrons. The minimum absolute atomic E-state index is 0.0566. The van der Waals surface area contributed by atoms with E-state index in [9.17, 15) is 14.7 Å². The number of aromatic hydroxyl groups is 1. The highest BCUT2D eigenvalue weighted by atomic mass is 32.2. The molecule has 0 bridgehead atoms. The van der Waals surface area contributed by atoms with Crippen molar-refractivity contribution < 1.29 is 14.7 Å². The van der Waals surface area contributed by atoms with E-state index < -0.39 is 18.0 Å². The molecular weight excluding hydrogens is 328 g/mol. The fourth-order valence-electron chi connectivity index (χ4n) is 3.29. The number of amides is 2. The third-order valence-electron chi connectivity index (χ3n) is 4.55. The van der Waals surface area contributed by atoms with E-state index in [2.05, 4.69) is 24.5 Å². The van der Waals surface area contributed by atoms with E-state index in [4.69, 9.17) is 5.73 Å². The highest BCUT2D eigenvalue weighted by Gasteiger charge is 2.61. The predicted molar refractivity (Wildman–Crippen MR) is 92.1 cm³/mol. The Labute approximate surface area is 145 Å². The summed E-state index contributed by atoms with van der Waals surface area (Å²) in [5, 5.41) is 15.2. The summed E-state index contributed by atoms with van der Waals surface area (Å²) in [5.74, 6) is -0.382. The molecule has 0 spiro atoms. The molecule has 2 fully saturated rings. The average molecular weight is 350 g/mol. The molecule has 2 amide bonds. The minimum atomic E-state index is -0.882. The molecule has 7 nitrogen and oxygen atoms in total. The molecular formula is C16H22N4O3S. The zero-order valence-electron chi connectivity index (χ0n) is 13.8. The van der Waals surface area contributed by atoms with Gasteiger partial charge in [0.15, 0.2) is 0 Å². The lowest BCUT2D eigenvalue weighted by Crippen LogP contribution is -2.71. The van der Waals surface area contributed by atoms with Gasteiger partial charge in [-0.1, -0.05) is 12.1 Å². The monoisotopic (exact) mass is 350 g/mol. The summed E-state index contributed by atoms with van der Waals surface area (Å²) < 4.78 is -0.131. The molecule has 4 unspecified atom stereocenters. The Morgan fingerprint density at radius 3 is 2.58 bits per heavy atom. The Morgan fingerprint density at radius 2 is 2.00 bits per heavy atom. The van der Waals surface area contributed by atoms with Crippen LogP contribution in [0.3, 0.4) is 0 Å². The third kappa shape index (κ3) is 2.64. The number of fused-ring (bicyclic) bond motifs is 1. The van der Waals surface area contributed by atoms with Gasteiger partial charge in [0.1, 0.15) is 23.2 Å². The van der Waals surface area contributed by atoms with Gasteiger partial charge in [0, 0.05) is 4.75 Å². The first kappa shape index (κ1) is 17.1. The van der Waals surface area contributed by atoms with Crippen LogP contribution in [0.2, 0.25) is 0 Å². The molecule has 8 heteroatoms. The van der Waals surface area contributed by atoms with Crippen LogP contribution in [0, 0.1) is 0 Å². The van der Waals surface area contributed by atoms with Crippen LogP contribution in [-0.4, -0.2) is 51.2 Å². The lowest BCUT2D eigenvalue weighted by atomic mass is 10.0. The van der Waals surface area contributed by atoms with Crippen LogP contribution in [-0.2, 0) is 9.59 Å². The lowest BCUT2D eigenvalue weighted by molar-refractivity contribution is -0.152. The number of rotatable bonds is 4. The van der Waals surface area contributed by atoms with Gasteiger partial charge in [0.05, 0.1) is 6.17 Å². The summed E-state index contributed by atoms with van der Waals surface area (Å²) in [6.07, 6.45) is -0.0566. The fraction of sp³-hybridized carbons (Fsp3) is 0.500. The number of phenols is 1. The van der Waals surface area contributed by atoms with Gasteiger partial charge < -0.3 is 21.1 Å². The highest BCUT2D eigenvalue weighted by Crippen LogP contribution is 2.49. The number of β-lactam (4-membered cyclic amide) rings is 1. The van der Waals surface area contributed by atoms with Gasteiger partial charge in [-0.15, -0.1) is 11.8 Å². The summed E-state index contributed by atoms with van der Waals surface area (Å²) in [5.41, 5.74) is 6.55. The molecule has 1 aromatic rings. The van der Waals surface area contributed by atoms with Crippen molar-refractivity contribution in [1.29, 1.82) is 0 Å². The van der Waals surface area contributed by atoms with Gasteiger partial charge in [0.2, 0.25) is 5.91 Å². The summed E-state index contributed by atoms with van der Waals surface area (Å²) >= 11 is 1.67. The summed E-state index contributed by atoms with van der Waals surface area (Å²) in [7, 11) is 1.83. The van der Waals surface area contributed by atoms with E-state index in [0.717, 1.165) is 0 Å². The van der Waals surface area contributed by atoms with Crippen molar-refractivity contribution >= 4 is 23.6 Å². The van der Waals surface area contributed by atoms with Crippen molar-refractivity contribution in [2.45, 2.75) is 42.2 Å². The normalized spacial score (nSPS) is 28.9. The van der Waals surface area contributed by atoms with E-state index >= 15 is 0 Å². The molecule has 130 valence electrons. The van der Waals surface area contributed by atoms with E-state index in [1.807, 2.05) is 7.05 Å². The molecule has 2 heterocycles. The van der Waals surface area contributed by atoms with Crippen molar-refractivity contribution in [3.8, 4) is 5.75 Å². The molecule has 3 rings (SSSR count). The number of nitrogens with two attached hydrogens (primary N) is 1. The van der Waals surface area contributed by atoms with Crippen LogP contribution in [0.1, 0.15) is 25.5 Å². The average Bonchev–Trinajstić information content (AvgIpc) is 2.79. The van der Waals surface area contributed by atoms with Gasteiger partial charge in [-0.25, -0.2) is 0 Å². The quantitative estimate of drug-likeness (QED) is 0.575. The van der Waals surface area contributed by atoms with Gasteiger partial charge in [-0.05, 0) is 38.6 Å². The molecule has 24 heavy (non-hydrogen) atoms. The fourth-order valence-corrected chi connectivity index (χ4v) is 4.93. The lowest BCUT2D eigenvalue weighted by Gasteiger charge is -2.45. The second-order valence-electron chi connectivity index (χ2n) is 6.60. The molecule has 4 atom stereocenters. The number of thioether (sulfide) groups is 1. The second kappa shape index (κ2) is 5.94. The largest absolute Gasteiger partial charge is 0.508 e. The first-order valence-electron chi connectivity index (χ1n) is 7.78. The van der Waals surface area contributed by atoms with Crippen molar-refractivity contribution in [3.05, 3.63) is 29.8 Å². The molecule has 5 N–H and O–H groups in total. The second-order valence-corrected chi connectivity index (χ2v) is 8.37. The maximum absolute atomic E-state index is 12.4. The van der Waals surface area contributed by atoms with Crippen LogP contribution in [0.25, 0.3) is 0 Å². The maximum Gasteiger partial charge on any atom is 0.250 e. The molecule has 0 aromatic heterocycles. The summed E-state index contributed by atoms with van der Waals surface area (Å²) in [6.45, 7) is 4.15. The van der Waals surface area contributed by atoms with Crippen molar-refractivity contribution in [1.82, 2.24) is 15.5 Å². The molecule has 0 aliphatic carbocycles. The van der Waals surface area contributed by atoms with Crippen molar-refractivity contribution in [2.75, 3.05) is 7.05 Å². The molecule has 1 aromatic carbocycles. The van der Waals surface area contributed by atoms with Crippen LogP contribution in [0.15, 0.2) is 24.3 Å². The van der Waals surface area contributed by atoms with Gasteiger partial charge in [0.25, 0.3) is 5.91 Å². The number of carbonyl (C=O) groups is 2. The van der Waals surface area contributed by atoms with Crippen molar-refractivity contribution in [3.63, 3.8) is 0 Å². The van der Waals surface area contributed by atoms with Gasteiger partial charge in [-0.2, -0.15) is 0 Å². The van der Waals surface area contributed by atoms with E-state index in [1.54, 1.807) is 28.8 Å². The van der Waals surface area contributed by atoms with E-state index in [-0.39, 0.29) is 27.9 Å². The Balaban J connectivity index is 1.68. The van der Waals surface area contributed by atoms with Crippen LogP contribution in [0.4, 0.5) is 0 Å². The van der Waals surface area contributed by atoms with Crippen LogP contribution < -0.4 is 16.4 Å². The molecule has 2 aliphatic rings. The Kier molecular flexibility index (Phi) is 4.23. The minimum Gasteiger partial charge on any atom is -0.508 e. The number of benzene rings is 1. The molecule has 2 aliphatic heterocycles. The first-order chi connectivity index (χ1) is 11.3. The van der Waals surface area contributed by atoms with E-state index in [0.29, 0.717) is 5.56 Å². The maximum atomic E-state index is 12.4. The standard InChI is InChI=1S/C16H22N4O3S/c1-16(2)15(18-3)20-13(23)11(14(20)24-16)19-12(22)10(17)8-4-6-9(21)7-5-8/h4-7,10-11,14-15,18,21H,17H2,1-3H3,(H,19,22). The first-order valence-corrected chi connectivity index (χ1v) is 8.66. The highest BCUT2D eigenvalue weighted by molar-refractivity contribution is 8.01. The zero-order valence-corrected chi connectivity index (χ0v) is 14.6. The SMILES string of the molecule is CNC1N2C(=O)C(NC(=O)C(N)c3ccc(O)cc3)C2SC1(C)C. The summed E-state index contributed by atoms with van der Waals surface area (Å²) in [6, 6.07) is 4.71. The molecule has 0 saturated carbocycles. The Bertz CT molecular complexity index is 664. The number of nitrogens with zero attached hydrogens (tertiary/aromatic N) is 1. The van der Waals surface area contributed by atoms with Gasteiger partial charge >= 0.3 is 0 Å². The Morgan fingerprint density at radius 1 is 1.38 bits per heavy atom. The van der Waals surface area contributed by atoms with E-state index in [1.165, 1.54) is 12.1 Å². The summed E-state index contributed by atoms with van der Waals surface area (Å²) in [4.78, 5) is 26.6. The smallest absolute Gasteiger partial charge is 0.250 e. The number of carbonyl (C=O) groups excluding carboxylic acids is 2. The zero-order chi connectivity index (χ0) is 17.6. The van der Waals surface area contributed by atoms with Crippen LogP contribution in [0.5, 0.6) is 5.75 Å². The molecule has 2 saturated heterocycles. The van der Waals surface area contributed by atoms with Crippen LogP contribution >= 0.6 is 11.8 Å². The Hall–Kier alpha value is -1.77. The topological polar surface area (TPSA) is 108 Å². The van der Waals surface area contributed by atoms with Crippen molar-refractivity contribution in [2.24, 2.45) is 5.73 Å². The predicted octanol–water partition coefficient (Wildman–Crippen LogP) is 0.116. The third-order valence-corrected chi connectivity index (χ3v) is 6.12. The number of hydrogen-bond donors (Lipinski definition) is 4.